The van der Waals surface area contributed by atoms with Gasteiger partial charge in [0, 0.05) is 19.8 Å². The van der Waals surface area contributed by atoms with Gasteiger partial charge in [0.25, 0.3) is 5.91 Å². The molecule has 2 aromatic heterocycles. The van der Waals surface area contributed by atoms with Gasteiger partial charge in [-0.05, 0) is 51.7 Å². The molecule has 0 aliphatic heterocycles. The third-order valence-corrected chi connectivity index (χ3v) is 5.16. The van der Waals surface area contributed by atoms with Gasteiger partial charge in [-0.15, -0.1) is 0 Å². The summed E-state index contributed by atoms with van der Waals surface area (Å²) in [4.78, 5) is 21.7. The van der Waals surface area contributed by atoms with E-state index in [1.54, 1.807) is 40.2 Å². The molecule has 0 aliphatic rings. The number of thiazole rings is 1. The second-order valence-corrected chi connectivity index (χ2v) is 7.38. The van der Waals surface area contributed by atoms with Crippen LogP contribution in [0.25, 0.3) is 10.2 Å². The van der Waals surface area contributed by atoms with Gasteiger partial charge in [0.15, 0.2) is 5.13 Å². The molecule has 3 rings (SSSR count). The predicted molar refractivity (Wildman–Crippen MR) is 102 cm³/mol. The van der Waals surface area contributed by atoms with E-state index in [1.807, 2.05) is 33.2 Å². The first-order valence-corrected chi connectivity index (χ1v) is 9.10. The van der Waals surface area contributed by atoms with Crippen LogP contribution in [0.2, 0.25) is 0 Å². The first-order chi connectivity index (χ1) is 12.0. The van der Waals surface area contributed by atoms with E-state index in [1.165, 1.54) is 0 Å². The highest BCUT2D eigenvalue weighted by molar-refractivity contribution is 7.22. The Kier molecular flexibility index (Phi) is 5.15. The van der Waals surface area contributed by atoms with Crippen molar-refractivity contribution < 1.29 is 4.79 Å². The summed E-state index contributed by atoms with van der Waals surface area (Å²) in [6.45, 7) is 3.59. The van der Waals surface area contributed by atoms with Crippen LogP contribution in [0.3, 0.4) is 0 Å². The van der Waals surface area contributed by atoms with Gasteiger partial charge in [0.1, 0.15) is 5.69 Å². The number of rotatable bonds is 6. The largest absolute Gasteiger partial charge is 0.309 e. The van der Waals surface area contributed by atoms with Gasteiger partial charge in [-0.2, -0.15) is 5.10 Å². The zero-order valence-electron chi connectivity index (χ0n) is 15.1. The number of fused-ring (bicyclic) bond motifs is 1. The minimum absolute atomic E-state index is 0.0598. The number of carbonyl (C=O) groups excluding carboxylic acids is 1. The van der Waals surface area contributed by atoms with Gasteiger partial charge in [0.2, 0.25) is 0 Å². The quantitative estimate of drug-likeness (QED) is 0.681. The molecule has 0 saturated heterocycles. The molecule has 0 bridgehead atoms. The van der Waals surface area contributed by atoms with Gasteiger partial charge >= 0.3 is 0 Å². The number of aryl methyl sites for hydroxylation is 2. The minimum atomic E-state index is -0.0598. The Morgan fingerprint density at radius 3 is 2.68 bits per heavy atom. The van der Waals surface area contributed by atoms with Crippen LogP contribution >= 0.6 is 11.3 Å². The third kappa shape index (κ3) is 3.72. The molecule has 2 heterocycles. The van der Waals surface area contributed by atoms with Crippen molar-refractivity contribution in [2.75, 3.05) is 32.1 Å². The van der Waals surface area contributed by atoms with Crippen LogP contribution in [0.15, 0.2) is 30.5 Å². The van der Waals surface area contributed by atoms with Crippen molar-refractivity contribution >= 4 is 32.6 Å². The van der Waals surface area contributed by atoms with Gasteiger partial charge in [-0.25, -0.2) is 4.98 Å². The Labute approximate surface area is 151 Å². The molecule has 0 fully saturated rings. The monoisotopic (exact) mass is 357 g/mol. The average molecular weight is 357 g/mol. The topological polar surface area (TPSA) is 54.3 Å². The van der Waals surface area contributed by atoms with E-state index in [-0.39, 0.29) is 5.91 Å². The Morgan fingerprint density at radius 1 is 1.24 bits per heavy atom. The molecule has 132 valence electrons. The maximum absolute atomic E-state index is 13.1. The summed E-state index contributed by atoms with van der Waals surface area (Å²) in [6, 6.07) is 7.87. The van der Waals surface area contributed by atoms with Crippen molar-refractivity contribution in [3.8, 4) is 0 Å². The molecule has 6 nitrogen and oxygen atoms in total. The fourth-order valence-electron chi connectivity index (χ4n) is 2.74. The van der Waals surface area contributed by atoms with Crippen molar-refractivity contribution in [1.29, 1.82) is 0 Å². The first kappa shape index (κ1) is 17.6. The lowest BCUT2D eigenvalue weighted by Gasteiger charge is -2.21. The molecule has 0 unspecified atom stereocenters. The molecule has 0 spiro atoms. The van der Waals surface area contributed by atoms with Crippen LogP contribution in [0.4, 0.5) is 5.13 Å². The van der Waals surface area contributed by atoms with Crippen LogP contribution in [0.1, 0.15) is 22.5 Å². The lowest BCUT2D eigenvalue weighted by Crippen LogP contribution is -2.34. The average Bonchev–Trinajstić information content (AvgIpc) is 3.17. The molecule has 0 saturated carbocycles. The number of benzene rings is 1. The number of para-hydroxylation sites is 1. The van der Waals surface area contributed by atoms with E-state index in [9.17, 15) is 4.79 Å². The van der Waals surface area contributed by atoms with Gasteiger partial charge in [-0.3, -0.25) is 14.4 Å². The number of anilines is 1. The van der Waals surface area contributed by atoms with Crippen molar-refractivity contribution in [3.63, 3.8) is 0 Å². The van der Waals surface area contributed by atoms with Crippen LogP contribution in [-0.2, 0) is 7.05 Å². The fraction of sp³-hybridized carbons (Fsp3) is 0.389. The van der Waals surface area contributed by atoms with Crippen molar-refractivity contribution in [2.45, 2.75) is 13.3 Å². The maximum atomic E-state index is 13.1. The predicted octanol–water partition coefficient (Wildman–Crippen LogP) is 2.94. The summed E-state index contributed by atoms with van der Waals surface area (Å²) < 4.78 is 2.71. The van der Waals surface area contributed by atoms with E-state index in [4.69, 9.17) is 4.98 Å². The van der Waals surface area contributed by atoms with E-state index < -0.39 is 0 Å². The van der Waals surface area contributed by atoms with E-state index in [0.29, 0.717) is 12.2 Å². The maximum Gasteiger partial charge on any atom is 0.278 e. The lowest BCUT2D eigenvalue weighted by atomic mass is 10.2. The summed E-state index contributed by atoms with van der Waals surface area (Å²) >= 11 is 1.56. The number of aromatic nitrogens is 3. The molecular formula is C18H23N5OS. The van der Waals surface area contributed by atoms with E-state index in [2.05, 4.69) is 16.1 Å². The van der Waals surface area contributed by atoms with Gasteiger partial charge < -0.3 is 4.90 Å². The van der Waals surface area contributed by atoms with Crippen molar-refractivity contribution in [1.82, 2.24) is 19.7 Å². The highest BCUT2D eigenvalue weighted by Gasteiger charge is 2.23. The first-order valence-electron chi connectivity index (χ1n) is 8.28. The highest BCUT2D eigenvalue weighted by atomic mass is 32.1. The van der Waals surface area contributed by atoms with E-state index >= 15 is 0 Å². The SMILES string of the molecule is Cc1cccc2sc(N(CCCN(C)C)C(=O)c3ccnn3C)nc12. The summed E-state index contributed by atoms with van der Waals surface area (Å²) in [5.41, 5.74) is 2.67. The van der Waals surface area contributed by atoms with Crippen molar-refractivity contribution in [2.24, 2.45) is 7.05 Å². The molecule has 0 atom stereocenters. The van der Waals surface area contributed by atoms with Gasteiger partial charge in [0.05, 0.1) is 10.2 Å². The van der Waals surface area contributed by atoms with Crippen LogP contribution in [-0.4, -0.2) is 52.8 Å². The molecule has 0 aliphatic carbocycles. The summed E-state index contributed by atoms with van der Waals surface area (Å²) in [7, 11) is 5.86. The lowest BCUT2D eigenvalue weighted by molar-refractivity contribution is 0.0977. The Hall–Kier alpha value is -2.25. The molecule has 1 amide bonds. The highest BCUT2D eigenvalue weighted by Crippen LogP contribution is 2.31. The number of hydrogen-bond acceptors (Lipinski definition) is 5. The smallest absolute Gasteiger partial charge is 0.278 e. The molecule has 3 aromatic rings. The standard InChI is InChI=1S/C18H23N5OS/c1-13-7-5-8-15-16(13)20-18(25-15)23(12-6-11-21(2)3)17(24)14-9-10-19-22(14)4/h5,7-10H,6,11-12H2,1-4H3. The zero-order valence-corrected chi connectivity index (χ0v) is 15.9. The molecular weight excluding hydrogens is 334 g/mol. The molecule has 1 aromatic carbocycles. The number of carbonyl (C=O) groups is 1. The van der Waals surface area contributed by atoms with Crippen LogP contribution < -0.4 is 4.90 Å². The summed E-state index contributed by atoms with van der Waals surface area (Å²) in [6.07, 6.45) is 2.53. The fourth-order valence-corrected chi connectivity index (χ4v) is 3.81. The second kappa shape index (κ2) is 7.33. The summed E-state index contributed by atoms with van der Waals surface area (Å²) in [5, 5.41) is 4.87. The minimum Gasteiger partial charge on any atom is -0.309 e. The number of hydrogen-bond donors (Lipinski definition) is 0. The Balaban J connectivity index is 1.95. The number of nitrogens with zero attached hydrogens (tertiary/aromatic N) is 5. The molecule has 25 heavy (non-hydrogen) atoms. The number of amides is 1. The molecule has 0 N–H and O–H groups in total. The summed E-state index contributed by atoms with van der Waals surface area (Å²) in [5.74, 6) is -0.0598. The Morgan fingerprint density at radius 2 is 2.04 bits per heavy atom. The zero-order chi connectivity index (χ0) is 18.0. The second-order valence-electron chi connectivity index (χ2n) is 6.37. The Bertz CT molecular complexity index is 883. The van der Waals surface area contributed by atoms with Gasteiger partial charge in [-0.1, -0.05) is 23.5 Å². The third-order valence-electron chi connectivity index (χ3n) is 4.11. The molecule has 7 heteroatoms. The van der Waals surface area contributed by atoms with Crippen LogP contribution in [0.5, 0.6) is 0 Å². The molecule has 0 radical (unpaired) electrons. The normalized spacial score (nSPS) is 11.4. The van der Waals surface area contributed by atoms with E-state index in [0.717, 1.165) is 33.9 Å². The van der Waals surface area contributed by atoms with Crippen LogP contribution in [0, 0.1) is 6.92 Å². The van der Waals surface area contributed by atoms with Crippen molar-refractivity contribution in [3.05, 3.63) is 41.7 Å².